The minimum Gasteiger partial charge on any atom is -0.388 e. The lowest BCUT2D eigenvalue weighted by Crippen LogP contribution is -2.09. The fourth-order valence-corrected chi connectivity index (χ4v) is 1.31. The fourth-order valence-electron chi connectivity index (χ4n) is 1.31. The van der Waals surface area contributed by atoms with Gasteiger partial charge < -0.3 is 5.11 Å². The third kappa shape index (κ3) is 2.81. The van der Waals surface area contributed by atoms with Crippen LogP contribution in [0.5, 0.6) is 0 Å². The maximum absolute atomic E-state index is 12.0. The Bertz CT molecular complexity index is 235. The number of aliphatic hydroxyl groups is 1. The standard InChI is InChI=1S/C11H15FO/c1-9(7-8-12)11(13)10-5-3-2-4-6-10/h2-6,9,11,13H,7-8H2,1H3. The molecular weight excluding hydrogens is 167 g/mol. The molecule has 1 N–H and O–H groups in total. The van der Waals surface area contributed by atoms with Gasteiger partial charge >= 0.3 is 0 Å². The number of aliphatic hydroxyl groups excluding tert-OH is 1. The zero-order valence-corrected chi connectivity index (χ0v) is 7.78. The molecule has 2 unspecified atom stereocenters. The number of hydrogen-bond acceptors (Lipinski definition) is 1. The van der Waals surface area contributed by atoms with Crippen molar-refractivity contribution >= 4 is 0 Å². The molecular formula is C11H15FO. The number of rotatable bonds is 4. The SMILES string of the molecule is CC(CCF)C(O)c1ccccc1. The molecule has 72 valence electrons. The molecule has 1 nitrogen and oxygen atoms in total. The van der Waals surface area contributed by atoms with Crippen molar-refractivity contribution < 1.29 is 9.50 Å². The fraction of sp³-hybridized carbons (Fsp3) is 0.455. The van der Waals surface area contributed by atoms with Crippen molar-refractivity contribution in [3.05, 3.63) is 35.9 Å². The van der Waals surface area contributed by atoms with Crippen LogP contribution in [0, 0.1) is 5.92 Å². The van der Waals surface area contributed by atoms with Crippen molar-refractivity contribution in [2.45, 2.75) is 19.4 Å². The molecule has 2 heteroatoms. The van der Waals surface area contributed by atoms with E-state index in [0.29, 0.717) is 6.42 Å². The van der Waals surface area contributed by atoms with Crippen LogP contribution in [-0.2, 0) is 0 Å². The lowest BCUT2D eigenvalue weighted by Gasteiger charge is -2.17. The second-order valence-electron chi connectivity index (χ2n) is 3.31. The van der Waals surface area contributed by atoms with Gasteiger partial charge in [-0.3, -0.25) is 4.39 Å². The molecule has 1 rings (SSSR count). The van der Waals surface area contributed by atoms with Crippen LogP contribution in [0.1, 0.15) is 25.0 Å². The van der Waals surface area contributed by atoms with Crippen molar-refractivity contribution in [2.24, 2.45) is 5.92 Å². The molecule has 2 atom stereocenters. The molecule has 0 aliphatic carbocycles. The largest absolute Gasteiger partial charge is 0.388 e. The summed E-state index contributed by atoms with van der Waals surface area (Å²) in [6.45, 7) is 1.49. The summed E-state index contributed by atoms with van der Waals surface area (Å²) in [5.74, 6) is -0.0209. The van der Waals surface area contributed by atoms with E-state index in [1.807, 2.05) is 37.3 Å². The monoisotopic (exact) mass is 182 g/mol. The number of halogens is 1. The van der Waals surface area contributed by atoms with Crippen LogP contribution in [0.4, 0.5) is 4.39 Å². The minimum absolute atomic E-state index is 0.0209. The first-order chi connectivity index (χ1) is 6.25. The Morgan fingerprint density at radius 3 is 2.46 bits per heavy atom. The molecule has 0 amide bonds. The lowest BCUT2D eigenvalue weighted by molar-refractivity contribution is 0.108. The third-order valence-electron chi connectivity index (χ3n) is 2.24. The van der Waals surface area contributed by atoms with E-state index in [1.54, 1.807) is 0 Å². The maximum atomic E-state index is 12.0. The molecule has 0 saturated carbocycles. The van der Waals surface area contributed by atoms with Gasteiger partial charge in [0, 0.05) is 0 Å². The van der Waals surface area contributed by atoms with Crippen LogP contribution < -0.4 is 0 Å². The van der Waals surface area contributed by atoms with E-state index in [-0.39, 0.29) is 12.6 Å². The highest BCUT2D eigenvalue weighted by atomic mass is 19.1. The van der Waals surface area contributed by atoms with E-state index in [2.05, 4.69) is 0 Å². The van der Waals surface area contributed by atoms with Gasteiger partial charge in [-0.05, 0) is 17.9 Å². The Morgan fingerprint density at radius 1 is 1.31 bits per heavy atom. The van der Waals surface area contributed by atoms with E-state index in [0.717, 1.165) is 5.56 Å². The van der Waals surface area contributed by atoms with Gasteiger partial charge in [0.2, 0.25) is 0 Å². The van der Waals surface area contributed by atoms with E-state index in [9.17, 15) is 9.50 Å². The van der Waals surface area contributed by atoms with Gasteiger partial charge in [0.05, 0.1) is 12.8 Å². The first-order valence-corrected chi connectivity index (χ1v) is 4.54. The van der Waals surface area contributed by atoms with Gasteiger partial charge in [-0.25, -0.2) is 0 Å². The van der Waals surface area contributed by atoms with E-state index >= 15 is 0 Å². The van der Waals surface area contributed by atoms with Crippen LogP contribution in [0.15, 0.2) is 30.3 Å². The summed E-state index contributed by atoms with van der Waals surface area (Å²) in [5.41, 5.74) is 0.864. The van der Waals surface area contributed by atoms with Gasteiger partial charge in [0.15, 0.2) is 0 Å². The molecule has 0 spiro atoms. The average Bonchev–Trinajstić information content (AvgIpc) is 2.18. The molecule has 13 heavy (non-hydrogen) atoms. The molecule has 0 heterocycles. The first kappa shape index (κ1) is 10.2. The summed E-state index contributed by atoms with van der Waals surface area (Å²) in [5, 5.41) is 9.75. The number of alkyl halides is 1. The lowest BCUT2D eigenvalue weighted by atomic mass is 9.95. The molecule has 0 bridgehead atoms. The second kappa shape index (κ2) is 4.97. The molecule has 0 aromatic heterocycles. The van der Waals surface area contributed by atoms with Crippen molar-refractivity contribution in [1.29, 1.82) is 0 Å². The summed E-state index contributed by atoms with van der Waals surface area (Å²) >= 11 is 0. The molecule has 1 aromatic rings. The van der Waals surface area contributed by atoms with Crippen LogP contribution in [0.3, 0.4) is 0 Å². The average molecular weight is 182 g/mol. The van der Waals surface area contributed by atoms with Crippen molar-refractivity contribution in [3.8, 4) is 0 Å². The first-order valence-electron chi connectivity index (χ1n) is 4.54. The van der Waals surface area contributed by atoms with Crippen LogP contribution in [-0.4, -0.2) is 11.8 Å². The smallest absolute Gasteiger partial charge is 0.0898 e. The van der Waals surface area contributed by atoms with Gasteiger partial charge in [-0.2, -0.15) is 0 Å². The predicted octanol–water partition coefficient (Wildman–Crippen LogP) is 2.72. The van der Waals surface area contributed by atoms with Gasteiger partial charge in [0.1, 0.15) is 0 Å². The Hall–Kier alpha value is -0.890. The minimum atomic E-state index is -0.544. The zero-order chi connectivity index (χ0) is 9.68. The normalized spacial score (nSPS) is 15.3. The van der Waals surface area contributed by atoms with Crippen molar-refractivity contribution in [2.75, 3.05) is 6.67 Å². The molecule has 0 radical (unpaired) electrons. The maximum Gasteiger partial charge on any atom is 0.0898 e. The predicted molar refractivity (Wildman–Crippen MR) is 51.2 cm³/mol. The number of hydrogen-bond donors (Lipinski definition) is 1. The summed E-state index contributed by atoms with van der Waals surface area (Å²) in [6.07, 6.45) is -0.132. The van der Waals surface area contributed by atoms with Crippen LogP contribution in [0.25, 0.3) is 0 Å². The van der Waals surface area contributed by atoms with Gasteiger partial charge in [-0.1, -0.05) is 37.3 Å². The highest BCUT2D eigenvalue weighted by Crippen LogP contribution is 2.23. The Balaban J connectivity index is 2.62. The van der Waals surface area contributed by atoms with E-state index in [4.69, 9.17) is 0 Å². The van der Waals surface area contributed by atoms with E-state index in [1.165, 1.54) is 0 Å². The van der Waals surface area contributed by atoms with Gasteiger partial charge in [-0.15, -0.1) is 0 Å². The zero-order valence-electron chi connectivity index (χ0n) is 7.78. The molecule has 0 saturated heterocycles. The Kier molecular flexibility index (Phi) is 3.90. The highest BCUT2D eigenvalue weighted by molar-refractivity contribution is 5.17. The van der Waals surface area contributed by atoms with Crippen LogP contribution in [0.2, 0.25) is 0 Å². The summed E-state index contributed by atoms with van der Waals surface area (Å²) in [6, 6.07) is 9.37. The van der Waals surface area contributed by atoms with Crippen molar-refractivity contribution in [3.63, 3.8) is 0 Å². The Labute approximate surface area is 78.2 Å². The second-order valence-corrected chi connectivity index (χ2v) is 3.31. The summed E-state index contributed by atoms with van der Waals surface area (Å²) in [7, 11) is 0. The van der Waals surface area contributed by atoms with Crippen molar-refractivity contribution in [1.82, 2.24) is 0 Å². The summed E-state index contributed by atoms with van der Waals surface area (Å²) in [4.78, 5) is 0. The van der Waals surface area contributed by atoms with Crippen LogP contribution >= 0.6 is 0 Å². The highest BCUT2D eigenvalue weighted by Gasteiger charge is 2.15. The quantitative estimate of drug-likeness (QED) is 0.759. The molecule has 0 fully saturated rings. The molecule has 1 aromatic carbocycles. The third-order valence-corrected chi connectivity index (χ3v) is 2.24. The molecule has 0 aliphatic heterocycles. The number of benzene rings is 1. The van der Waals surface area contributed by atoms with Gasteiger partial charge in [0.25, 0.3) is 0 Å². The topological polar surface area (TPSA) is 20.2 Å². The van der Waals surface area contributed by atoms with E-state index < -0.39 is 6.10 Å². The Morgan fingerprint density at radius 2 is 1.92 bits per heavy atom. The summed E-state index contributed by atoms with van der Waals surface area (Å²) < 4.78 is 12.0. The molecule has 0 aliphatic rings.